The van der Waals surface area contributed by atoms with Gasteiger partial charge in [0.05, 0.1) is 19.8 Å². The van der Waals surface area contributed by atoms with Gasteiger partial charge < -0.3 is 14.2 Å². The zero-order valence-corrected chi connectivity index (χ0v) is 30.6. The summed E-state index contributed by atoms with van der Waals surface area (Å²) in [7, 11) is 3.38. The van der Waals surface area contributed by atoms with E-state index in [2.05, 4.69) is 40.7 Å². The Labute approximate surface area is 289 Å². The Balaban J connectivity index is 1.06. The Morgan fingerprint density at radius 3 is 2.25 bits per heavy atom. The van der Waals surface area contributed by atoms with Crippen LogP contribution in [0.2, 0.25) is 0 Å². The van der Waals surface area contributed by atoms with Crippen LogP contribution in [0.3, 0.4) is 0 Å². The quantitative estimate of drug-likeness (QED) is 0.131. The predicted molar refractivity (Wildman–Crippen MR) is 197 cm³/mol. The maximum atomic E-state index is 13.7. The number of fused-ring (bicyclic) bond motifs is 7. The lowest BCUT2D eigenvalue weighted by Gasteiger charge is -2.58. The number of esters is 1. The highest BCUT2D eigenvalue weighted by molar-refractivity contribution is 6.12. The Kier molecular flexibility index (Phi) is 9.09. The van der Waals surface area contributed by atoms with E-state index in [1.54, 1.807) is 19.8 Å². The van der Waals surface area contributed by atoms with Gasteiger partial charge in [-0.2, -0.15) is 0 Å². The molecule has 3 saturated carbocycles. The number of rotatable bonds is 9. The second kappa shape index (κ2) is 13.0. The molecule has 4 nitrogen and oxygen atoms in total. The molecule has 3 aromatic carbocycles. The van der Waals surface area contributed by atoms with E-state index in [0.717, 1.165) is 87.8 Å². The number of hydrogen-bond acceptors (Lipinski definition) is 4. The highest BCUT2D eigenvalue weighted by Gasteiger charge is 2.59. The first-order valence-corrected chi connectivity index (χ1v) is 19.1. The summed E-state index contributed by atoms with van der Waals surface area (Å²) in [6.45, 7) is 12.5. The Hall–Kier alpha value is -3.01. The maximum Gasteiger partial charge on any atom is 0.338 e. The highest BCUT2D eigenvalue weighted by Crippen LogP contribution is 2.67. The van der Waals surface area contributed by atoms with Gasteiger partial charge in [-0.05, 0) is 109 Å². The summed E-state index contributed by atoms with van der Waals surface area (Å²) in [6.07, 6.45) is 16.4. The topological polar surface area (TPSA) is 44.8 Å². The fourth-order valence-corrected chi connectivity index (χ4v) is 11.6. The van der Waals surface area contributed by atoms with Crippen LogP contribution in [-0.4, -0.2) is 26.3 Å². The van der Waals surface area contributed by atoms with Gasteiger partial charge in [-0.25, -0.2) is 4.79 Å². The Morgan fingerprint density at radius 2 is 1.54 bits per heavy atom. The van der Waals surface area contributed by atoms with Crippen molar-refractivity contribution in [3.8, 4) is 11.5 Å². The molecule has 4 aliphatic carbocycles. The smallest absolute Gasteiger partial charge is 0.338 e. The number of benzene rings is 3. The zero-order chi connectivity index (χ0) is 33.8. The molecule has 3 fully saturated rings. The van der Waals surface area contributed by atoms with Gasteiger partial charge in [0.2, 0.25) is 0 Å². The summed E-state index contributed by atoms with van der Waals surface area (Å²) in [4.78, 5) is 13.7. The lowest BCUT2D eigenvalue weighted by Crippen LogP contribution is -2.51. The van der Waals surface area contributed by atoms with Crippen LogP contribution in [0.4, 0.5) is 0 Å². The van der Waals surface area contributed by atoms with Crippen molar-refractivity contribution in [2.45, 2.75) is 111 Å². The molecular weight excluding hydrogens is 592 g/mol. The van der Waals surface area contributed by atoms with E-state index >= 15 is 0 Å². The zero-order valence-electron chi connectivity index (χ0n) is 30.6. The van der Waals surface area contributed by atoms with E-state index < -0.39 is 0 Å². The largest absolute Gasteiger partial charge is 0.495 e. The number of allylic oxidation sites excluding steroid dienone is 1. The average Bonchev–Trinajstić information content (AvgIpc) is 3.44. The summed E-state index contributed by atoms with van der Waals surface area (Å²) < 4.78 is 18.0. The molecule has 258 valence electrons. The van der Waals surface area contributed by atoms with Crippen LogP contribution in [0.1, 0.15) is 116 Å². The van der Waals surface area contributed by atoms with Crippen molar-refractivity contribution in [1.82, 2.24) is 0 Å². The molecule has 0 bridgehead atoms. The minimum absolute atomic E-state index is 0.0755. The van der Waals surface area contributed by atoms with Gasteiger partial charge in [0.25, 0.3) is 0 Å². The molecule has 4 aliphatic rings. The third-order valence-corrected chi connectivity index (χ3v) is 14.1. The van der Waals surface area contributed by atoms with Crippen LogP contribution in [0.15, 0.2) is 54.1 Å². The summed E-state index contributed by atoms with van der Waals surface area (Å²) >= 11 is 0. The molecule has 0 aromatic heterocycles. The minimum atomic E-state index is -0.248. The van der Waals surface area contributed by atoms with Crippen molar-refractivity contribution >= 4 is 27.5 Å². The van der Waals surface area contributed by atoms with Crippen LogP contribution in [0, 0.1) is 46.3 Å². The molecule has 0 spiro atoms. The minimum Gasteiger partial charge on any atom is -0.495 e. The van der Waals surface area contributed by atoms with Crippen LogP contribution < -0.4 is 9.47 Å². The maximum absolute atomic E-state index is 13.7. The molecule has 7 rings (SSSR count). The van der Waals surface area contributed by atoms with Crippen LogP contribution in [-0.2, 0) is 4.74 Å². The van der Waals surface area contributed by atoms with Crippen molar-refractivity contribution in [2.24, 2.45) is 46.3 Å². The van der Waals surface area contributed by atoms with E-state index in [9.17, 15) is 4.79 Å². The summed E-state index contributed by atoms with van der Waals surface area (Å²) in [5.74, 6) is 6.28. The first-order valence-electron chi connectivity index (χ1n) is 19.1. The second-order valence-corrected chi connectivity index (χ2v) is 16.9. The van der Waals surface area contributed by atoms with E-state index in [4.69, 9.17) is 14.2 Å². The molecular formula is C44H58O4. The first kappa shape index (κ1) is 33.5. The number of ether oxygens (including phenoxy) is 3. The number of carbonyl (C=O) groups excluding carboxylic acids is 1. The SMILES string of the molecule is COc1c2ccccc2c(OC)c2cc(C(=O)O[C@H]3CC[C@@]4(C)C(=CC[C@H]5[C@@H]6CC[C@H]([C@H](C)CCCC(C)C)[C@@]6(C)CC[C@@H]54)C3)ccc12. The number of hydrogen-bond donors (Lipinski definition) is 0. The summed E-state index contributed by atoms with van der Waals surface area (Å²) in [5.41, 5.74) is 2.86. The third-order valence-electron chi connectivity index (χ3n) is 14.1. The summed E-state index contributed by atoms with van der Waals surface area (Å²) in [6, 6.07) is 13.9. The standard InChI is InChI=1S/C44H58O4/c1-27(2)11-10-12-28(3)37-19-20-38-35-18-16-30-26-31(21-23-43(30,4)39(35)22-24-44(37,38)5)48-42(45)29-15-17-34-36(25-29)41(47-7)33-14-9-8-13-32(33)40(34)46-6/h8-9,13-17,25,27-28,31,35,37-39H,10-12,18-24,26H2,1-7H3/t28-,31+,35+,37-,38+,39+,43+,44-/m1/s1. The molecule has 0 aliphatic heterocycles. The fraction of sp³-hybridized carbons (Fsp3) is 0.614. The molecule has 8 atom stereocenters. The van der Waals surface area contributed by atoms with Gasteiger partial charge in [0, 0.05) is 28.0 Å². The molecule has 3 aromatic rings. The Bertz CT molecular complexity index is 1700. The van der Waals surface area contributed by atoms with Gasteiger partial charge in [-0.1, -0.05) is 89.8 Å². The van der Waals surface area contributed by atoms with Gasteiger partial charge in [-0.15, -0.1) is 0 Å². The molecule has 0 radical (unpaired) electrons. The molecule has 0 saturated heterocycles. The van der Waals surface area contributed by atoms with E-state index in [1.165, 1.54) is 51.4 Å². The first-order chi connectivity index (χ1) is 23.1. The molecule has 48 heavy (non-hydrogen) atoms. The normalized spacial score (nSPS) is 31.9. The average molecular weight is 651 g/mol. The van der Waals surface area contributed by atoms with Crippen molar-refractivity contribution in [3.05, 3.63) is 59.7 Å². The molecule has 4 heteroatoms. The van der Waals surface area contributed by atoms with Crippen LogP contribution in [0.5, 0.6) is 11.5 Å². The van der Waals surface area contributed by atoms with Gasteiger partial charge >= 0.3 is 5.97 Å². The molecule has 0 unspecified atom stereocenters. The van der Waals surface area contributed by atoms with E-state index in [-0.39, 0.29) is 17.5 Å². The lowest BCUT2D eigenvalue weighted by atomic mass is 9.47. The van der Waals surface area contributed by atoms with E-state index in [0.29, 0.717) is 11.0 Å². The van der Waals surface area contributed by atoms with Crippen LogP contribution >= 0.6 is 0 Å². The molecule has 0 heterocycles. The fourth-order valence-electron chi connectivity index (χ4n) is 11.6. The van der Waals surface area contributed by atoms with Gasteiger partial charge in [0.15, 0.2) is 0 Å². The van der Waals surface area contributed by atoms with Crippen molar-refractivity contribution in [2.75, 3.05) is 14.2 Å². The van der Waals surface area contributed by atoms with E-state index in [1.807, 2.05) is 42.5 Å². The third kappa shape index (κ3) is 5.54. The number of carbonyl (C=O) groups is 1. The van der Waals surface area contributed by atoms with Gasteiger partial charge in [0.1, 0.15) is 17.6 Å². The number of methoxy groups -OCH3 is 2. The lowest BCUT2D eigenvalue weighted by molar-refractivity contribution is -0.0594. The van der Waals surface area contributed by atoms with Crippen molar-refractivity contribution in [3.63, 3.8) is 0 Å². The van der Waals surface area contributed by atoms with Gasteiger partial charge in [-0.3, -0.25) is 0 Å². The van der Waals surface area contributed by atoms with Crippen LogP contribution in [0.25, 0.3) is 21.5 Å². The molecule has 0 N–H and O–H groups in total. The second-order valence-electron chi connectivity index (χ2n) is 16.9. The monoisotopic (exact) mass is 650 g/mol. The molecule has 0 amide bonds. The van der Waals surface area contributed by atoms with Crippen molar-refractivity contribution in [1.29, 1.82) is 0 Å². The predicted octanol–water partition coefficient (Wildman–Crippen LogP) is 11.6. The van der Waals surface area contributed by atoms with Crippen molar-refractivity contribution < 1.29 is 19.0 Å². The highest BCUT2D eigenvalue weighted by atomic mass is 16.5. The summed E-state index contributed by atoms with van der Waals surface area (Å²) in [5, 5.41) is 3.76. The Morgan fingerprint density at radius 1 is 0.833 bits per heavy atom.